The van der Waals surface area contributed by atoms with Gasteiger partial charge in [0, 0.05) is 38.9 Å². The predicted molar refractivity (Wildman–Crippen MR) is 87.3 cm³/mol. The van der Waals surface area contributed by atoms with Crippen LogP contribution in [0.3, 0.4) is 0 Å². The maximum absolute atomic E-state index is 12.2. The molecular weight excluding hydrogens is 302 g/mol. The lowest BCUT2D eigenvalue weighted by atomic mass is 10.2. The fourth-order valence-electron chi connectivity index (χ4n) is 2.46. The summed E-state index contributed by atoms with van der Waals surface area (Å²) in [5.74, 6) is -0.120. The second-order valence-electron chi connectivity index (χ2n) is 5.36. The van der Waals surface area contributed by atoms with Crippen molar-refractivity contribution in [1.29, 1.82) is 0 Å². The molecule has 0 spiro atoms. The Labute approximate surface area is 132 Å². The Hall–Kier alpha value is -1.60. The molecule has 1 aromatic rings. The second kappa shape index (κ2) is 7.11. The van der Waals surface area contributed by atoms with Crippen LogP contribution >= 0.6 is 0 Å². The van der Waals surface area contributed by atoms with E-state index in [2.05, 4.69) is 17.0 Å². The van der Waals surface area contributed by atoms with Gasteiger partial charge in [0.1, 0.15) is 0 Å². The summed E-state index contributed by atoms with van der Waals surface area (Å²) in [5.41, 5.74) is 1.15. The Balaban J connectivity index is 1.88. The van der Waals surface area contributed by atoms with Gasteiger partial charge in [-0.1, -0.05) is 18.2 Å². The molecule has 0 saturated carbocycles. The Morgan fingerprint density at radius 2 is 1.73 bits per heavy atom. The average Bonchev–Trinajstić information content (AvgIpc) is 2.55. The van der Waals surface area contributed by atoms with E-state index in [4.69, 9.17) is 0 Å². The van der Waals surface area contributed by atoms with E-state index in [9.17, 15) is 13.2 Å². The van der Waals surface area contributed by atoms with Gasteiger partial charge >= 0.3 is 0 Å². The highest BCUT2D eigenvalue weighted by Crippen LogP contribution is 2.15. The number of likely N-dealkylation sites (N-methyl/N-ethyl adjacent to an activating group) is 1. The van der Waals surface area contributed by atoms with Gasteiger partial charge in [-0.2, -0.15) is 4.31 Å². The first-order valence-electron chi connectivity index (χ1n) is 7.46. The number of nitrogens with zero attached hydrogens (tertiary/aromatic N) is 3. The molecule has 0 unspecified atom stereocenters. The van der Waals surface area contributed by atoms with Crippen LogP contribution in [0.2, 0.25) is 0 Å². The molecule has 0 atom stereocenters. The van der Waals surface area contributed by atoms with Crippen molar-refractivity contribution in [2.24, 2.45) is 0 Å². The van der Waals surface area contributed by atoms with Gasteiger partial charge in [-0.15, -0.1) is 0 Å². The highest BCUT2D eigenvalue weighted by Gasteiger charge is 2.25. The van der Waals surface area contributed by atoms with E-state index in [0.29, 0.717) is 13.1 Å². The summed E-state index contributed by atoms with van der Waals surface area (Å²) in [6.45, 7) is 4.26. The molecule has 22 heavy (non-hydrogen) atoms. The number of carbonyl (C=O) groups excluding carboxylic acids is 1. The highest BCUT2D eigenvalue weighted by atomic mass is 32.2. The normalized spacial score (nSPS) is 16.1. The van der Waals surface area contributed by atoms with Crippen LogP contribution in [-0.2, 0) is 14.8 Å². The van der Waals surface area contributed by atoms with Crippen molar-refractivity contribution >= 4 is 21.6 Å². The molecule has 0 aromatic heterocycles. The fourth-order valence-corrected chi connectivity index (χ4v) is 3.21. The van der Waals surface area contributed by atoms with Crippen LogP contribution < -0.4 is 4.90 Å². The third-order valence-corrected chi connectivity index (χ3v) is 5.76. The molecule has 0 radical (unpaired) electrons. The smallest absolute Gasteiger partial charge is 0.238 e. The Morgan fingerprint density at radius 1 is 1.14 bits per heavy atom. The number of benzene rings is 1. The molecule has 1 saturated heterocycles. The molecule has 1 aromatic carbocycles. The topological polar surface area (TPSA) is 60.9 Å². The monoisotopic (exact) mass is 325 g/mol. The molecule has 0 bridgehead atoms. The van der Waals surface area contributed by atoms with Crippen LogP contribution in [0.1, 0.15) is 6.92 Å². The zero-order chi connectivity index (χ0) is 16.2. The second-order valence-corrected chi connectivity index (χ2v) is 7.72. The van der Waals surface area contributed by atoms with Crippen molar-refractivity contribution in [3.8, 4) is 0 Å². The van der Waals surface area contributed by atoms with Crippen LogP contribution in [0, 0.1) is 0 Å². The first kappa shape index (κ1) is 16.8. The van der Waals surface area contributed by atoms with Crippen LogP contribution in [0.5, 0.6) is 0 Å². The maximum atomic E-state index is 12.2. The summed E-state index contributed by atoms with van der Waals surface area (Å²) in [6.07, 6.45) is 0. The summed E-state index contributed by atoms with van der Waals surface area (Å²) in [6, 6.07) is 10.1. The maximum Gasteiger partial charge on any atom is 0.238 e. The number of sulfonamides is 1. The van der Waals surface area contributed by atoms with Gasteiger partial charge in [-0.3, -0.25) is 4.79 Å². The molecule has 1 aliphatic heterocycles. The predicted octanol–water partition coefficient (Wildman–Crippen LogP) is 0.617. The van der Waals surface area contributed by atoms with Crippen molar-refractivity contribution in [3.05, 3.63) is 30.3 Å². The van der Waals surface area contributed by atoms with Gasteiger partial charge in [-0.05, 0) is 19.1 Å². The van der Waals surface area contributed by atoms with Gasteiger partial charge in [0.25, 0.3) is 0 Å². The van der Waals surface area contributed by atoms with Gasteiger partial charge < -0.3 is 9.80 Å². The molecule has 6 nitrogen and oxygen atoms in total. The molecule has 1 fully saturated rings. The summed E-state index contributed by atoms with van der Waals surface area (Å²) in [7, 11) is -1.85. The molecular formula is C15H23N3O3S. The minimum atomic E-state index is -3.31. The van der Waals surface area contributed by atoms with Crippen molar-refractivity contribution in [2.75, 3.05) is 50.4 Å². The average molecular weight is 325 g/mol. The van der Waals surface area contributed by atoms with Gasteiger partial charge in [-0.25, -0.2) is 8.42 Å². The van der Waals surface area contributed by atoms with E-state index in [1.165, 1.54) is 7.05 Å². The zero-order valence-electron chi connectivity index (χ0n) is 13.1. The van der Waals surface area contributed by atoms with E-state index < -0.39 is 10.0 Å². The zero-order valence-corrected chi connectivity index (χ0v) is 13.9. The third-order valence-electron chi connectivity index (χ3n) is 3.95. The van der Waals surface area contributed by atoms with Crippen LogP contribution in [0.25, 0.3) is 0 Å². The lowest BCUT2D eigenvalue weighted by molar-refractivity contribution is -0.131. The lowest BCUT2D eigenvalue weighted by Crippen LogP contribution is -2.51. The fraction of sp³-hybridized carbons (Fsp3) is 0.533. The molecule has 0 aliphatic carbocycles. The first-order valence-corrected chi connectivity index (χ1v) is 9.06. The third kappa shape index (κ3) is 3.98. The number of carbonyl (C=O) groups is 1. The molecule has 2 rings (SSSR count). The lowest BCUT2D eigenvalue weighted by Gasteiger charge is -2.36. The first-order chi connectivity index (χ1) is 10.4. The highest BCUT2D eigenvalue weighted by molar-refractivity contribution is 7.89. The number of anilines is 1. The number of amides is 1. The van der Waals surface area contributed by atoms with E-state index in [1.54, 1.807) is 11.8 Å². The molecule has 122 valence electrons. The van der Waals surface area contributed by atoms with E-state index >= 15 is 0 Å². The minimum absolute atomic E-state index is 0.0125. The molecule has 1 aliphatic rings. The Morgan fingerprint density at radius 3 is 2.27 bits per heavy atom. The van der Waals surface area contributed by atoms with Crippen LogP contribution in [0.4, 0.5) is 5.69 Å². The standard InChI is InChI=1S/C15H23N3O3S/c1-3-22(20,21)16(2)13-15(19)18-11-9-17(10-12-18)14-7-5-4-6-8-14/h4-8H,3,9-13H2,1-2H3. The number of rotatable bonds is 5. The summed E-state index contributed by atoms with van der Waals surface area (Å²) in [5, 5.41) is 0. The number of hydrogen-bond donors (Lipinski definition) is 0. The van der Waals surface area contributed by atoms with E-state index in [1.807, 2.05) is 18.2 Å². The quantitative estimate of drug-likeness (QED) is 0.796. The molecule has 0 N–H and O–H groups in total. The van der Waals surface area contributed by atoms with Crippen molar-refractivity contribution < 1.29 is 13.2 Å². The van der Waals surface area contributed by atoms with Crippen molar-refractivity contribution in [1.82, 2.24) is 9.21 Å². The summed E-state index contributed by atoms with van der Waals surface area (Å²) < 4.78 is 24.5. The molecule has 1 heterocycles. The largest absolute Gasteiger partial charge is 0.368 e. The van der Waals surface area contributed by atoms with Gasteiger partial charge in [0.2, 0.25) is 15.9 Å². The van der Waals surface area contributed by atoms with Crippen molar-refractivity contribution in [3.63, 3.8) is 0 Å². The van der Waals surface area contributed by atoms with Gasteiger partial charge in [0.05, 0.1) is 12.3 Å². The van der Waals surface area contributed by atoms with Crippen molar-refractivity contribution in [2.45, 2.75) is 6.92 Å². The molecule has 1 amide bonds. The summed E-state index contributed by atoms with van der Waals surface area (Å²) >= 11 is 0. The number of piperazine rings is 1. The van der Waals surface area contributed by atoms with E-state index in [0.717, 1.165) is 23.1 Å². The van der Waals surface area contributed by atoms with Crippen LogP contribution in [0.15, 0.2) is 30.3 Å². The SMILES string of the molecule is CCS(=O)(=O)N(C)CC(=O)N1CCN(c2ccccc2)CC1. The summed E-state index contributed by atoms with van der Waals surface area (Å²) in [4.78, 5) is 16.2. The Bertz CT molecular complexity index is 596. The minimum Gasteiger partial charge on any atom is -0.368 e. The number of para-hydroxylation sites is 1. The molecule has 7 heteroatoms. The Kier molecular flexibility index (Phi) is 5.42. The van der Waals surface area contributed by atoms with E-state index in [-0.39, 0.29) is 18.2 Å². The van der Waals surface area contributed by atoms with Gasteiger partial charge in [0.15, 0.2) is 0 Å². The number of hydrogen-bond acceptors (Lipinski definition) is 4. The van der Waals surface area contributed by atoms with Crippen LogP contribution in [-0.4, -0.2) is 69.1 Å².